The van der Waals surface area contributed by atoms with Gasteiger partial charge in [-0.15, -0.1) is 0 Å². The van der Waals surface area contributed by atoms with Crippen LogP contribution < -0.4 is 5.32 Å². The Labute approximate surface area is 117 Å². The fourth-order valence-electron chi connectivity index (χ4n) is 1.66. The van der Waals surface area contributed by atoms with E-state index in [1.165, 1.54) is 6.08 Å². The summed E-state index contributed by atoms with van der Waals surface area (Å²) in [7, 11) is 0. The van der Waals surface area contributed by atoms with Gasteiger partial charge in [-0.3, -0.25) is 4.79 Å². The van der Waals surface area contributed by atoms with E-state index in [1.807, 2.05) is 19.1 Å². The van der Waals surface area contributed by atoms with E-state index in [-0.39, 0.29) is 5.91 Å². The smallest absolute Gasteiger partial charge is 0.249 e. The van der Waals surface area contributed by atoms with Crippen LogP contribution in [0, 0.1) is 18.3 Å². The third kappa shape index (κ3) is 3.79. The molecule has 2 rings (SSSR count). The van der Waals surface area contributed by atoms with Crippen LogP contribution in [0.5, 0.6) is 0 Å². The second-order valence-electron chi connectivity index (χ2n) is 4.28. The predicted molar refractivity (Wildman–Crippen MR) is 77.8 cm³/mol. The molecule has 0 bridgehead atoms. The van der Waals surface area contributed by atoms with Gasteiger partial charge in [0.25, 0.3) is 0 Å². The number of pyridine rings is 1. The second kappa shape index (κ2) is 6.30. The SMILES string of the molecule is Cc1ccnc(NC(=O)/C=C\c2cccc(C#N)c2)c1. The molecule has 4 heteroatoms. The molecule has 0 saturated heterocycles. The van der Waals surface area contributed by atoms with E-state index >= 15 is 0 Å². The number of rotatable bonds is 3. The summed E-state index contributed by atoms with van der Waals surface area (Å²) in [6.07, 6.45) is 4.72. The third-order valence-corrected chi connectivity index (χ3v) is 2.61. The number of aryl methyl sites for hydroxylation is 1. The topological polar surface area (TPSA) is 65.8 Å². The van der Waals surface area contributed by atoms with Crippen LogP contribution in [0.1, 0.15) is 16.7 Å². The van der Waals surface area contributed by atoms with Gasteiger partial charge in [-0.2, -0.15) is 5.26 Å². The summed E-state index contributed by atoms with van der Waals surface area (Å²) >= 11 is 0. The lowest BCUT2D eigenvalue weighted by Crippen LogP contribution is -2.09. The minimum atomic E-state index is -0.259. The number of nitriles is 1. The number of aromatic nitrogens is 1. The molecule has 0 atom stereocenters. The van der Waals surface area contributed by atoms with E-state index in [2.05, 4.69) is 16.4 Å². The van der Waals surface area contributed by atoms with Crippen LogP contribution in [0.3, 0.4) is 0 Å². The molecule has 0 unspecified atom stereocenters. The second-order valence-corrected chi connectivity index (χ2v) is 4.28. The summed E-state index contributed by atoms with van der Waals surface area (Å²) in [5, 5.41) is 11.5. The first kappa shape index (κ1) is 13.5. The number of hydrogen-bond acceptors (Lipinski definition) is 3. The zero-order valence-corrected chi connectivity index (χ0v) is 11.0. The Morgan fingerprint density at radius 3 is 2.95 bits per heavy atom. The lowest BCUT2D eigenvalue weighted by atomic mass is 10.1. The van der Waals surface area contributed by atoms with Crippen LogP contribution in [-0.4, -0.2) is 10.9 Å². The zero-order chi connectivity index (χ0) is 14.4. The Bertz CT molecular complexity index is 699. The molecule has 1 N–H and O–H groups in total. The van der Waals surface area contributed by atoms with Gasteiger partial charge in [-0.25, -0.2) is 4.98 Å². The van der Waals surface area contributed by atoms with Gasteiger partial charge in [-0.05, 0) is 48.4 Å². The maximum absolute atomic E-state index is 11.7. The van der Waals surface area contributed by atoms with Crippen LogP contribution in [-0.2, 0) is 4.79 Å². The summed E-state index contributed by atoms with van der Waals surface area (Å²) in [4.78, 5) is 15.8. The van der Waals surface area contributed by atoms with Crippen molar-refractivity contribution in [2.45, 2.75) is 6.92 Å². The monoisotopic (exact) mass is 263 g/mol. The van der Waals surface area contributed by atoms with Crippen molar-refractivity contribution in [2.75, 3.05) is 5.32 Å². The molecule has 4 nitrogen and oxygen atoms in total. The van der Waals surface area contributed by atoms with Gasteiger partial charge >= 0.3 is 0 Å². The van der Waals surface area contributed by atoms with Gasteiger partial charge in [0, 0.05) is 12.3 Å². The summed E-state index contributed by atoms with van der Waals surface area (Å²) in [5.74, 6) is 0.260. The fraction of sp³-hybridized carbons (Fsp3) is 0.0625. The molecule has 1 aromatic carbocycles. The largest absolute Gasteiger partial charge is 0.307 e. The average Bonchev–Trinajstić information content (AvgIpc) is 2.45. The van der Waals surface area contributed by atoms with E-state index in [0.29, 0.717) is 11.4 Å². The number of hydrogen-bond donors (Lipinski definition) is 1. The highest BCUT2D eigenvalue weighted by molar-refractivity contribution is 6.01. The molecule has 1 heterocycles. The third-order valence-electron chi connectivity index (χ3n) is 2.61. The molecule has 98 valence electrons. The highest BCUT2D eigenvalue weighted by Crippen LogP contribution is 2.08. The normalized spacial score (nSPS) is 10.2. The molecule has 0 fully saturated rings. The molecule has 0 aliphatic rings. The first-order valence-electron chi connectivity index (χ1n) is 6.09. The summed E-state index contributed by atoms with van der Waals surface area (Å²) in [6.45, 7) is 1.93. The Hall–Kier alpha value is -2.93. The summed E-state index contributed by atoms with van der Waals surface area (Å²) in [6, 6.07) is 12.7. The van der Waals surface area contributed by atoms with Crippen LogP contribution in [0.2, 0.25) is 0 Å². The number of carbonyl (C=O) groups excluding carboxylic acids is 1. The number of amides is 1. The average molecular weight is 263 g/mol. The van der Waals surface area contributed by atoms with Gasteiger partial charge in [0.15, 0.2) is 0 Å². The van der Waals surface area contributed by atoms with E-state index in [0.717, 1.165) is 11.1 Å². The Balaban J connectivity index is 2.04. The van der Waals surface area contributed by atoms with Crippen LogP contribution in [0.25, 0.3) is 6.08 Å². The van der Waals surface area contributed by atoms with Gasteiger partial charge in [0.2, 0.25) is 5.91 Å². The summed E-state index contributed by atoms with van der Waals surface area (Å²) in [5.41, 5.74) is 2.39. The Morgan fingerprint density at radius 2 is 2.20 bits per heavy atom. The van der Waals surface area contributed by atoms with Crippen molar-refractivity contribution in [2.24, 2.45) is 0 Å². The Morgan fingerprint density at radius 1 is 1.35 bits per heavy atom. The number of nitrogens with one attached hydrogen (secondary N) is 1. The molecule has 0 spiro atoms. The van der Waals surface area contributed by atoms with E-state index in [4.69, 9.17) is 5.26 Å². The molecule has 0 aliphatic heterocycles. The van der Waals surface area contributed by atoms with Crippen LogP contribution >= 0.6 is 0 Å². The van der Waals surface area contributed by atoms with Crippen molar-refractivity contribution in [3.8, 4) is 6.07 Å². The standard InChI is InChI=1S/C16H13N3O/c1-12-7-8-18-15(9-12)19-16(20)6-5-13-3-2-4-14(10-13)11-17/h2-10H,1H3,(H,18,19,20)/b6-5-. The summed E-state index contributed by atoms with van der Waals surface area (Å²) < 4.78 is 0. The maximum atomic E-state index is 11.7. The quantitative estimate of drug-likeness (QED) is 0.866. The molecule has 0 radical (unpaired) electrons. The van der Waals surface area contributed by atoms with Crippen molar-refractivity contribution in [3.63, 3.8) is 0 Å². The lowest BCUT2D eigenvalue weighted by molar-refractivity contribution is -0.111. The lowest BCUT2D eigenvalue weighted by Gasteiger charge is -2.01. The van der Waals surface area contributed by atoms with Gasteiger partial charge in [-0.1, -0.05) is 12.1 Å². The first-order chi connectivity index (χ1) is 9.67. The highest BCUT2D eigenvalue weighted by Gasteiger charge is 1.99. The Kier molecular flexibility index (Phi) is 4.25. The molecule has 20 heavy (non-hydrogen) atoms. The van der Waals surface area contributed by atoms with Crippen molar-refractivity contribution >= 4 is 17.8 Å². The number of nitrogens with zero attached hydrogens (tertiary/aromatic N) is 2. The van der Waals surface area contributed by atoms with Crippen LogP contribution in [0.4, 0.5) is 5.82 Å². The van der Waals surface area contributed by atoms with Crippen molar-refractivity contribution in [3.05, 3.63) is 65.4 Å². The van der Waals surface area contributed by atoms with Crippen molar-refractivity contribution in [1.82, 2.24) is 4.98 Å². The minimum absolute atomic E-state index is 0.259. The number of carbonyl (C=O) groups is 1. The van der Waals surface area contributed by atoms with E-state index < -0.39 is 0 Å². The molecular formula is C16H13N3O. The highest BCUT2D eigenvalue weighted by atomic mass is 16.1. The van der Waals surface area contributed by atoms with Gasteiger partial charge in [0.1, 0.15) is 5.82 Å². The van der Waals surface area contributed by atoms with Gasteiger partial charge in [0.05, 0.1) is 11.6 Å². The first-order valence-corrected chi connectivity index (χ1v) is 6.09. The molecule has 2 aromatic rings. The number of anilines is 1. The maximum Gasteiger partial charge on any atom is 0.249 e. The molecule has 0 saturated carbocycles. The van der Waals surface area contributed by atoms with Crippen molar-refractivity contribution < 1.29 is 4.79 Å². The van der Waals surface area contributed by atoms with Crippen molar-refractivity contribution in [1.29, 1.82) is 5.26 Å². The molecule has 1 aromatic heterocycles. The van der Waals surface area contributed by atoms with E-state index in [9.17, 15) is 4.79 Å². The van der Waals surface area contributed by atoms with Gasteiger partial charge < -0.3 is 5.32 Å². The molecule has 1 amide bonds. The molecular weight excluding hydrogens is 250 g/mol. The zero-order valence-electron chi connectivity index (χ0n) is 11.0. The predicted octanol–water partition coefficient (Wildman–Crippen LogP) is 2.91. The molecule has 0 aliphatic carbocycles. The fourth-order valence-corrected chi connectivity index (χ4v) is 1.66. The van der Waals surface area contributed by atoms with Crippen LogP contribution in [0.15, 0.2) is 48.7 Å². The minimum Gasteiger partial charge on any atom is -0.307 e. The van der Waals surface area contributed by atoms with E-state index in [1.54, 1.807) is 36.5 Å². The number of benzene rings is 1.